The third kappa shape index (κ3) is 7.39. The number of hydrogen-bond donors (Lipinski definition) is 3. The Morgan fingerprint density at radius 1 is 0.914 bits per heavy atom. The second-order valence-corrected chi connectivity index (χ2v) is 7.43. The number of urea groups is 2. The van der Waals surface area contributed by atoms with Crippen molar-refractivity contribution in [2.45, 2.75) is 12.6 Å². The minimum absolute atomic E-state index is 0.0644. The van der Waals surface area contributed by atoms with Crippen LogP contribution in [0.15, 0.2) is 78.9 Å². The Morgan fingerprint density at radius 2 is 1.63 bits per heavy atom. The van der Waals surface area contributed by atoms with Crippen LogP contribution < -0.4 is 25.6 Å². The number of benzene rings is 3. The molecule has 0 saturated carbocycles. The second kappa shape index (κ2) is 11.8. The molecule has 0 aliphatic rings. The molecular weight excluding hydrogens is 461 g/mol. The zero-order valence-corrected chi connectivity index (χ0v) is 18.9. The highest BCUT2D eigenvalue weighted by molar-refractivity contribution is 6.01. The molecule has 0 aliphatic carbocycles. The Balaban J connectivity index is 1.65. The van der Waals surface area contributed by atoms with Crippen molar-refractivity contribution in [3.05, 3.63) is 84.4 Å². The molecule has 0 atom stereocenters. The fourth-order valence-electron chi connectivity index (χ4n) is 3.26. The standard InChI is InChI=1S/C25H25F3N4O3/c1-35-22-14-6-5-13-21(22)31-23(33)29-15-8-16-32(24(34)30-19-10-3-2-4-11-19)20-12-7-9-18(17-20)25(26,27)28/h2-7,9-14,17H,8,15-16H2,1H3,(H,30,34)(H2,29,31,33). The molecule has 3 N–H and O–H groups in total. The van der Waals surface area contributed by atoms with Gasteiger partial charge in [-0.1, -0.05) is 36.4 Å². The van der Waals surface area contributed by atoms with E-state index in [1.54, 1.807) is 54.6 Å². The first-order valence-electron chi connectivity index (χ1n) is 10.8. The second-order valence-electron chi connectivity index (χ2n) is 7.43. The number of methoxy groups -OCH3 is 1. The maximum atomic E-state index is 13.2. The van der Waals surface area contributed by atoms with Crippen molar-refractivity contribution in [2.24, 2.45) is 0 Å². The zero-order chi connectivity index (χ0) is 25.3. The highest BCUT2D eigenvalue weighted by atomic mass is 19.4. The molecule has 3 aromatic carbocycles. The van der Waals surface area contributed by atoms with E-state index in [9.17, 15) is 22.8 Å². The molecular formula is C25H25F3N4O3. The van der Waals surface area contributed by atoms with Gasteiger partial charge < -0.3 is 20.7 Å². The number of carbonyl (C=O) groups is 2. The predicted octanol–water partition coefficient (Wildman–Crippen LogP) is 5.96. The molecule has 0 aliphatic heterocycles. The molecule has 0 heterocycles. The lowest BCUT2D eigenvalue weighted by molar-refractivity contribution is -0.137. The maximum absolute atomic E-state index is 13.2. The first kappa shape index (κ1) is 25.4. The average Bonchev–Trinajstić information content (AvgIpc) is 2.84. The van der Waals surface area contributed by atoms with Crippen LogP contribution in [0.25, 0.3) is 0 Å². The van der Waals surface area contributed by atoms with Crippen LogP contribution in [0, 0.1) is 0 Å². The summed E-state index contributed by atoms with van der Waals surface area (Å²) in [6, 6.07) is 19.0. The van der Waals surface area contributed by atoms with Crippen LogP contribution in [-0.4, -0.2) is 32.3 Å². The molecule has 10 heteroatoms. The van der Waals surface area contributed by atoms with E-state index in [1.165, 1.54) is 24.1 Å². The summed E-state index contributed by atoms with van der Waals surface area (Å²) < 4.78 is 44.9. The molecule has 0 unspecified atom stereocenters. The van der Waals surface area contributed by atoms with E-state index >= 15 is 0 Å². The van der Waals surface area contributed by atoms with Gasteiger partial charge in [0, 0.05) is 24.5 Å². The molecule has 0 saturated heterocycles. The van der Waals surface area contributed by atoms with Crippen LogP contribution in [-0.2, 0) is 6.18 Å². The average molecular weight is 486 g/mol. The van der Waals surface area contributed by atoms with Gasteiger partial charge in [-0.05, 0) is 48.9 Å². The number of nitrogens with one attached hydrogen (secondary N) is 3. The molecule has 7 nitrogen and oxygen atoms in total. The summed E-state index contributed by atoms with van der Waals surface area (Å²) in [5.41, 5.74) is 0.220. The maximum Gasteiger partial charge on any atom is 0.416 e. The lowest BCUT2D eigenvalue weighted by Gasteiger charge is -2.24. The molecule has 0 fully saturated rings. The molecule has 0 spiro atoms. The number of carbonyl (C=O) groups excluding carboxylic acids is 2. The third-order valence-corrected chi connectivity index (χ3v) is 4.95. The smallest absolute Gasteiger partial charge is 0.416 e. The van der Waals surface area contributed by atoms with Crippen LogP contribution in [0.5, 0.6) is 5.75 Å². The van der Waals surface area contributed by atoms with Crippen molar-refractivity contribution in [3.63, 3.8) is 0 Å². The summed E-state index contributed by atoms with van der Waals surface area (Å²) in [7, 11) is 1.49. The molecule has 4 amide bonds. The Bertz CT molecular complexity index is 1140. The van der Waals surface area contributed by atoms with E-state index in [4.69, 9.17) is 4.74 Å². The summed E-state index contributed by atoms with van der Waals surface area (Å²) in [4.78, 5) is 26.4. The van der Waals surface area contributed by atoms with Crippen molar-refractivity contribution in [1.29, 1.82) is 0 Å². The molecule has 184 valence electrons. The Hall–Kier alpha value is -4.21. The molecule has 0 radical (unpaired) electrons. The van der Waals surface area contributed by atoms with E-state index in [0.29, 0.717) is 17.1 Å². The van der Waals surface area contributed by atoms with Gasteiger partial charge in [-0.25, -0.2) is 9.59 Å². The van der Waals surface area contributed by atoms with Crippen LogP contribution in [0.4, 0.5) is 39.8 Å². The fourth-order valence-corrected chi connectivity index (χ4v) is 3.26. The zero-order valence-electron chi connectivity index (χ0n) is 18.9. The van der Waals surface area contributed by atoms with Crippen LogP contribution in [0.2, 0.25) is 0 Å². The minimum Gasteiger partial charge on any atom is -0.495 e. The van der Waals surface area contributed by atoms with Gasteiger partial charge in [0.15, 0.2) is 0 Å². The monoisotopic (exact) mass is 486 g/mol. The van der Waals surface area contributed by atoms with E-state index in [0.717, 1.165) is 12.1 Å². The SMILES string of the molecule is COc1ccccc1NC(=O)NCCCN(C(=O)Nc1ccccc1)c1cccc(C(F)(F)F)c1. The summed E-state index contributed by atoms with van der Waals surface area (Å²) in [5.74, 6) is 0.496. The van der Waals surface area contributed by atoms with Crippen molar-refractivity contribution in [1.82, 2.24) is 5.32 Å². The lowest BCUT2D eigenvalue weighted by atomic mass is 10.1. The topological polar surface area (TPSA) is 82.7 Å². The minimum atomic E-state index is -4.55. The highest BCUT2D eigenvalue weighted by Crippen LogP contribution is 2.32. The number of hydrogen-bond acceptors (Lipinski definition) is 3. The fraction of sp³-hybridized carbons (Fsp3) is 0.200. The summed E-state index contributed by atoms with van der Waals surface area (Å²) in [6.07, 6.45) is -4.26. The first-order valence-corrected chi connectivity index (χ1v) is 10.8. The van der Waals surface area contributed by atoms with Gasteiger partial charge in [0.05, 0.1) is 18.4 Å². The summed E-state index contributed by atoms with van der Waals surface area (Å²) >= 11 is 0. The highest BCUT2D eigenvalue weighted by Gasteiger charge is 2.31. The van der Waals surface area contributed by atoms with Gasteiger partial charge in [-0.2, -0.15) is 13.2 Å². The van der Waals surface area contributed by atoms with Gasteiger partial charge in [0.2, 0.25) is 0 Å². The van der Waals surface area contributed by atoms with Gasteiger partial charge in [0.1, 0.15) is 5.75 Å². The number of alkyl halides is 3. The number of rotatable bonds is 8. The van der Waals surface area contributed by atoms with Crippen molar-refractivity contribution in [2.75, 3.05) is 35.7 Å². The molecule has 0 aromatic heterocycles. The molecule has 3 aromatic rings. The number of amides is 4. The van der Waals surface area contributed by atoms with Crippen molar-refractivity contribution in [3.8, 4) is 5.75 Å². The van der Waals surface area contributed by atoms with Gasteiger partial charge >= 0.3 is 18.2 Å². The number of anilines is 3. The largest absolute Gasteiger partial charge is 0.495 e. The van der Waals surface area contributed by atoms with Crippen molar-refractivity contribution < 1.29 is 27.5 Å². The van der Waals surface area contributed by atoms with Gasteiger partial charge in [-0.15, -0.1) is 0 Å². The normalized spacial score (nSPS) is 10.9. The van der Waals surface area contributed by atoms with Crippen LogP contribution >= 0.6 is 0 Å². The first-order chi connectivity index (χ1) is 16.8. The molecule has 3 rings (SSSR count). The quantitative estimate of drug-likeness (QED) is 0.344. The van der Waals surface area contributed by atoms with E-state index in [-0.39, 0.29) is 25.2 Å². The van der Waals surface area contributed by atoms with Crippen molar-refractivity contribution >= 4 is 29.1 Å². The number of para-hydroxylation sites is 3. The Morgan fingerprint density at radius 3 is 2.34 bits per heavy atom. The number of nitrogens with zero attached hydrogens (tertiary/aromatic N) is 1. The number of ether oxygens (including phenoxy) is 1. The van der Waals surface area contributed by atoms with E-state index in [2.05, 4.69) is 16.0 Å². The van der Waals surface area contributed by atoms with E-state index in [1.807, 2.05) is 0 Å². The molecule has 0 bridgehead atoms. The third-order valence-electron chi connectivity index (χ3n) is 4.95. The number of halogens is 3. The van der Waals surface area contributed by atoms with E-state index < -0.39 is 23.8 Å². The predicted molar refractivity (Wildman–Crippen MR) is 129 cm³/mol. The molecule has 35 heavy (non-hydrogen) atoms. The van der Waals surface area contributed by atoms with Crippen LogP contribution in [0.1, 0.15) is 12.0 Å². The lowest BCUT2D eigenvalue weighted by Crippen LogP contribution is -2.38. The van der Waals surface area contributed by atoms with Crippen LogP contribution in [0.3, 0.4) is 0 Å². The Labute approximate surface area is 200 Å². The summed E-state index contributed by atoms with van der Waals surface area (Å²) in [6.45, 7) is 0.240. The van der Waals surface area contributed by atoms with Gasteiger partial charge in [0.25, 0.3) is 0 Å². The Kier molecular flexibility index (Phi) is 8.55. The summed E-state index contributed by atoms with van der Waals surface area (Å²) in [5, 5.41) is 8.02. The van der Waals surface area contributed by atoms with Gasteiger partial charge in [-0.3, -0.25) is 4.90 Å².